The number of benzene rings is 2. The lowest BCUT2D eigenvalue weighted by atomic mass is 10.1. The van der Waals surface area contributed by atoms with Crippen LogP contribution in [-0.4, -0.2) is 30.7 Å². The van der Waals surface area contributed by atoms with E-state index in [-0.39, 0.29) is 18.6 Å². The summed E-state index contributed by atoms with van der Waals surface area (Å²) in [5.74, 6) is -0.252. The van der Waals surface area contributed by atoms with E-state index in [1.165, 1.54) is 4.90 Å². The van der Waals surface area contributed by atoms with Crippen molar-refractivity contribution in [2.45, 2.75) is 25.2 Å². The van der Waals surface area contributed by atoms with Crippen molar-refractivity contribution >= 4 is 33.6 Å². The Balaban J connectivity index is 1.45. The smallest absolute Gasteiger partial charge is 0.415 e. The van der Waals surface area contributed by atoms with Gasteiger partial charge < -0.3 is 10.1 Å². The number of carbonyl (C=O) groups excluding carboxylic acids is 2. The fraction of sp³-hybridized carbons (Fsp3) is 0.238. The molecule has 2 N–H and O–H groups in total. The number of carbonyl (C=O) groups is 2. The maximum Gasteiger partial charge on any atom is 0.415 e. The van der Waals surface area contributed by atoms with E-state index < -0.39 is 12.1 Å². The molecule has 2 aliphatic heterocycles. The van der Waals surface area contributed by atoms with Gasteiger partial charge in [-0.05, 0) is 39.2 Å². The highest BCUT2D eigenvalue weighted by Gasteiger charge is 2.39. The highest BCUT2D eigenvalue weighted by molar-refractivity contribution is 9.11. The van der Waals surface area contributed by atoms with Crippen LogP contribution in [0.1, 0.15) is 11.1 Å². The maximum atomic E-state index is 12.9. The van der Waals surface area contributed by atoms with Crippen LogP contribution < -0.4 is 15.7 Å². The molecule has 0 radical (unpaired) electrons. The molecule has 2 atom stereocenters. The van der Waals surface area contributed by atoms with Gasteiger partial charge in [-0.2, -0.15) is 0 Å². The lowest BCUT2D eigenvalue weighted by Crippen LogP contribution is -2.49. The molecule has 2 aromatic carbocycles. The molecule has 0 saturated carbocycles. The van der Waals surface area contributed by atoms with Gasteiger partial charge in [0, 0.05) is 6.42 Å². The zero-order chi connectivity index (χ0) is 20.2. The van der Waals surface area contributed by atoms with E-state index in [0.29, 0.717) is 18.7 Å². The van der Waals surface area contributed by atoms with E-state index in [9.17, 15) is 9.59 Å². The second kappa shape index (κ2) is 8.67. The average molecular weight is 458 g/mol. The minimum atomic E-state index is -0.669. The van der Waals surface area contributed by atoms with Gasteiger partial charge in [0.2, 0.25) is 5.91 Å². The summed E-state index contributed by atoms with van der Waals surface area (Å²) in [7, 11) is 0. The normalized spacial score (nSPS) is 19.9. The Bertz CT molecular complexity index is 935. The second-order valence-corrected chi connectivity index (χ2v) is 7.63. The van der Waals surface area contributed by atoms with Crippen molar-refractivity contribution in [2.75, 3.05) is 11.4 Å². The van der Waals surface area contributed by atoms with Crippen LogP contribution in [0.4, 0.5) is 10.5 Å². The fourth-order valence-electron chi connectivity index (χ4n) is 3.39. The van der Waals surface area contributed by atoms with E-state index in [1.807, 2.05) is 60.7 Å². The molecule has 7 nitrogen and oxygen atoms in total. The van der Waals surface area contributed by atoms with Gasteiger partial charge in [0.05, 0.1) is 12.2 Å². The molecule has 0 bridgehead atoms. The van der Waals surface area contributed by atoms with Gasteiger partial charge in [0.1, 0.15) is 23.4 Å². The molecule has 8 heteroatoms. The van der Waals surface area contributed by atoms with Gasteiger partial charge in [-0.3, -0.25) is 20.0 Å². The maximum absolute atomic E-state index is 12.9. The van der Waals surface area contributed by atoms with Crippen LogP contribution in [0.5, 0.6) is 0 Å². The van der Waals surface area contributed by atoms with Gasteiger partial charge in [-0.15, -0.1) is 0 Å². The first-order chi connectivity index (χ1) is 14.1. The number of rotatable bonds is 5. The fourth-order valence-corrected chi connectivity index (χ4v) is 3.78. The molecular formula is C21H20BrN3O4. The number of nitrogens with zero attached hydrogens (tertiary/aromatic N) is 1. The molecule has 2 amide bonds. The number of hydroxylamine groups is 1. The van der Waals surface area contributed by atoms with Crippen molar-refractivity contribution in [3.63, 3.8) is 0 Å². The van der Waals surface area contributed by atoms with E-state index in [4.69, 9.17) is 9.57 Å². The SMILES string of the molecule is O=C(NCC1C=C(Br)NO1)[C@@H]1Cc2ccccc2N1C(=O)OCc1ccccc1. The molecule has 2 heterocycles. The van der Waals surface area contributed by atoms with Gasteiger partial charge >= 0.3 is 6.09 Å². The number of amides is 2. The van der Waals surface area contributed by atoms with Crippen LogP contribution >= 0.6 is 15.9 Å². The van der Waals surface area contributed by atoms with E-state index in [1.54, 1.807) is 0 Å². The van der Waals surface area contributed by atoms with Crippen LogP contribution in [0.2, 0.25) is 0 Å². The predicted molar refractivity (Wildman–Crippen MR) is 111 cm³/mol. The quantitative estimate of drug-likeness (QED) is 0.674. The van der Waals surface area contributed by atoms with Gasteiger partial charge in [-0.1, -0.05) is 48.5 Å². The molecule has 150 valence electrons. The Hall–Kier alpha value is -2.84. The lowest BCUT2D eigenvalue weighted by molar-refractivity contribution is -0.122. The highest BCUT2D eigenvalue weighted by Crippen LogP contribution is 2.33. The number of anilines is 1. The van der Waals surface area contributed by atoms with Crippen molar-refractivity contribution < 1.29 is 19.2 Å². The number of ether oxygens (including phenoxy) is 1. The zero-order valence-corrected chi connectivity index (χ0v) is 17.1. The first-order valence-corrected chi connectivity index (χ1v) is 10.1. The summed E-state index contributed by atoms with van der Waals surface area (Å²) < 4.78 is 6.22. The van der Waals surface area contributed by atoms with Crippen molar-refractivity contribution in [1.82, 2.24) is 10.8 Å². The van der Waals surface area contributed by atoms with Crippen LogP contribution in [0, 0.1) is 0 Å². The minimum Gasteiger partial charge on any atom is -0.444 e. The largest absolute Gasteiger partial charge is 0.444 e. The zero-order valence-electron chi connectivity index (χ0n) is 15.5. The molecule has 0 spiro atoms. The molecule has 0 saturated heterocycles. The monoisotopic (exact) mass is 457 g/mol. The summed E-state index contributed by atoms with van der Waals surface area (Å²) >= 11 is 3.28. The number of nitrogens with one attached hydrogen (secondary N) is 2. The Kier molecular flexibility index (Phi) is 5.82. The van der Waals surface area contributed by atoms with Crippen LogP contribution in [0.15, 0.2) is 65.3 Å². The highest BCUT2D eigenvalue weighted by atomic mass is 79.9. The van der Waals surface area contributed by atoms with Crippen LogP contribution in [-0.2, 0) is 27.4 Å². The van der Waals surface area contributed by atoms with Crippen LogP contribution in [0.25, 0.3) is 0 Å². The molecule has 0 fully saturated rings. The molecule has 1 unspecified atom stereocenters. The Morgan fingerprint density at radius 3 is 2.69 bits per heavy atom. The van der Waals surface area contributed by atoms with Crippen molar-refractivity contribution in [3.8, 4) is 0 Å². The summed E-state index contributed by atoms with van der Waals surface area (Å²) in [6.07, 6.45) is 1.43. The molecule has 4 rings (SSSR count). The minimum absolute atomic E-state index is 0.146. The standard InChI is InChI=1S/C21H20BrN3O4/c22-19-11-16(29-24-19)12-23-20(26)18-10-15-8-4-5-9-17(15)25(18)21(27)28-13-14-6-2-1-3-7-14/h1-9,11,16,18,24H,10,12-13H2,(H,23,26)/t16?,18-/m0/s1. The van der Waals surface area contributed by atoms with Crippen LogP contribution in [0.3, 0.4) is 0 Å². The Labute approximate surface area is 176 Å². The number of para-hydroxylation sites is 1. The Morgan fingerprint density at radius 1 is 1.17 bits per heavy atom. The lowest BCUT2D eigenvalue weighted by Gasteiger charge is -2.24. The number of hydrogen-bond donors (Lipinski definition) is 2. The summed E-state index contributed by atoms with van der Waals surface area (Å²) in [6, 6.07) is 16.3. The van der Waals surface area contributed by atoms with Gasteiger partial charge in [-0.25, -0.2) is 4.79 Å². The first kappa shape index (κ1) is 19.5. The van der Waals surface area contributed by atoms with E-state index in [0.717, 1.165) is 15.7 Å². The average Bonchev–Trinajstić information content (AvgIpc) is 3.34. The summed E-state index contributed by atoms with van der Waals surface area (Å²) in [5, 5.41) is 2.86. The summed E-state index contributed by atoms with van der Waals surface area (Å²) in [6.45, 7) is 0.438. The molecular weight excluding hydrogens is 438 g/mol. The number of hydrogen-bond acceptors (Lipinski definition) is 5. The molecule has 29 heavy (non-hydrogen) atoms. The predicted octanol–water partition coefficient (Wildman–Crippen LogP) is 3.01. The third-order valence-corrected chi connectivity index (χ3v) is 5.22. The number of halogens is 1. The second-order valence-electron chi connectivity index (χ2n) is 6.78. The summed E-state index contributed by atoms with van der Waals surface area (Å²) in [5.41, 5.74) is 5.20. The molecule has 0 aliphatic carbocycles. The molecule has 0 aromatic heterocycles. The topological polar surface area (TPSA) is 79.9 Å². The first-order valence-electron chi connectivity index (χ1n) is 9.26. The third-order valence-electron chi connectivity index (χ3n) is 4.80. The van der Waals surface area contributed by atoms with Crippen molar-refractivity contribution in [3.05, 3.63) is 76.4 Å². The third kappa shape index (κ3) is 4.44. The number of fused-ring (bicyclic) bond motifs is 1. The summed E-state index contributed by atoms with van der Waals surface area (Å²) in [4.78, 5) is 32.5. The van der Waals surface area contributed by atoms with Gasteiger partial charge in [0.15, 0.2) is 0 Å². The van der Waals surface area contributed by atoms with Crippen molar-refractivity contribution in [2.24, 2.45) is 0 Å². The molecule has 2 aliphatic rings. The van der Waals surface area contributed by atoms with E-state index in [2.05, 4.69) is 26.7 Å². The van der Waals surface area contributed by atoms with E-state index >= 15 is 0 Å². The van der Waals surface area contributed by atoms with Gasteiger partial charge in [0.25, 0.3) is 0 Å². The molecule has 2 aromatic rings. The van der Waals surface area contributed by atoms with Crippen molar-refractivity contribution in [1.29, 1.82) is 0 Å². The Morgan fingerprint density at radius 2 is 1.93 bits per heavy atom.